The molecule has 0 aromatic heterocycles. The van der Waals surface area contributed by atoms with Gasteiger partial charge in [0.25, 0.3) is 6.04 Å². The zero-order chi connectivity index (χ0) is 15.0. The predicted octanol–water partition coefficient (Wildman–Crippen LogP) is 0.707. The van der Waals surface area contributed by atoms with Crippen molar-refractivity contribution < 1.29 is 24.0 Å². The Morgan fingerprint density at radius 2 is 2.00 bits per heavy atom. The minimum Gasteiger partial charge on any atom is -0.497 e. The second kappa shape index (κ2) is 8.08. The molecule has 0 aliphatic carbocycles. The van der Waals surface area contributed by atoms with Gasteiger partial charge in [0.1, 0.15) is 5.75 Å². The summed E-state index contributed by atoms with van der Waals surface area (Å²) in [6.45, 7) is -0.389. The Morgan fingerprint density at radius 1 is 1.35 bits per heavy atom. The summed E-state index contributed by atoms with van der Waals surface area (Å²) in [5, 5.41) is 11.0. The second-order valence-electron chi connectivity index (χ2n) is 3.79. The van der Waals surface area contributed by atoms with Gasteiger partial charge in [0, 0.05) is 10.5 Å². The van der Waals surface area contributed by atoms with Crippen LogP contribution in [0, 0.1) is 10.1 Å². The van der Waals surface area contributed by atoms with E-state index in [1.54, 1.807) is 24.3 Å². The molecule has 0 saturated heterocycles. The van der Waals surface area contributed by atoms with Gasteiger partial charge in [-0.05, 0) is 24.3 Å². The lowest BCUT2D eigenvalue weighted by atomic mass is 10.1. The Hall–Kier alpha value is -2.19. The van der Waals surface area contributed by atoms with Gasteiger partial charge in [-0.1, -0.05) is 0 Å². The van der Waals surface area contributed by atoms with Gasteiger partial charge >= 0.3 is 5.97 Å². The molecule has 1 aromatic carbocycles. The van der Waals surface area contributed by atoms with Crippen LogP contribution < -0.4 is 10.2 Å². The summed E-state index contributed by atoms with van der Waals surface area (Å²) >= 11 is 0. The van der Waals surface area contributed by atoms with E-state index in [9.17, 15) is 14.9 Å². The number of esters is 1. The standard InChI is InChI=1S/C12H16N2O6/c1-18-10-5-3-9(4-6-10)11(14(16)17)7-13-20-8-12(15)19-2/h3-6,11,13H,7-8H2,1-2H3. The van der Waals surface area contributed by atoms with E-state index in [1.807, 2.05) is 0 Å². The van der Waals surface area contributed by atoms with Crippen LogP contribution in [0.1, 0.15) is 11.6 Å². The average Bonchev–Trinajstić information content (AvgIpc) is 2.46. The lowest BCUT2D eigenvalue weighted by Gasteiger charge is -2.11. The Labute approximate surface area is 115 Å². The molecule has 0 amide bonds. The van der Waals surface area contributed by atoms with E-state index >= 15 is 0 Å². The first-order valence-electron chi connectivity index (χ1n) is 5.77. The SMILES string of the molecule is COC(=O)CONCC(c1ccc(OC)cc1)[N+](=O)[O-]. The van der Waals surface area contributed by atoms with Gasteiger partial charge in [-0.15, -0.1) is 0 Å². The number of hydrogen-bond donors (Lipinski definition) is 1. The quantitative estimate of drug-likeness (QED) is 0.324. The van der Waals surface area contributed by atoms with E-state index in [4.69, 9.17) is 9.57 Å². The maximum Gasteiger partial charge on any atom is 0.333 e. The highest BCUT2D eigenvalue weighted by Gasteiger charge is 2.22. The molecule has 0 saturated carbocycles. The first-order chi connectivity index (χ1) is 9.58. The van der Waals surface area contributed by atoms with Gasteiger partial charge in [0.15, 0.2) is 6.61 Å². The third kappa shape index (κ3) is 4.82. The summed E-state index contributed by atoms with van der Waals surface area (Å²) in [6.07, 6.45) is 0. The summed E-state index contributed by atoms with van der Waals surface area (Å²) in [7, 11) is 2.74. The molecule has 1 aromatic rings. The van der Waals surface area contributed by atoms with Crippen LogP contribution >= 0.6 is 0 Å². The minimum absolute atomic E-state index is 0.0731. The highest BCUT2D eigenvalue weighted by Crippen LogP contribution is 2.19. The number of nitrogens with one attached hydrogen (secondary N) is 1. The number of hydrogen-bond acceptors (Lipinski definition) is 7. The minimum atomic E-state index is -0.987. The molecular weight excluding hydrogens is 268 g/mol. The van der Waals surface area contributed by atoms with Crippen LogP contribution in [0.4, 0.5) is 0 Å². The largest absolute Gasteiger partial charge is 0.497 e. The van der Waals surface area contributed by atoms with Crippen LogP contribution in [0.25, 0.3) is 0 Å². The summed E-state index contributed by atoms with van der Waals surface area (Å²) in [4.78, 5) is 26.2. The molecule has 0 aliphatic heterocycles. The van der Waals surface area contributed by atoms with Crippen molar-refractivity contribution in [3.05, 3.63) is 39.9 Å². The Bertz CT molecular complexity index is 448. The van der Waals surface area contributed by atoms with Crippen LogP contribution in [0.2, 0.25) is 0 Å². The number of carbonyl (C=O) groups is 1. The molecule has 0 aliphatic rings. The Kier molecular flexibility index (Phi) is 6.41. The predicted molar refractivity (Wildman–Crippen MR) is 68.7 cm³/mol. The molecule has 0 bridgehead atoms. The van der Waals surface area contributed by atoms with Gasteiger partial charge in [-0.3, -0.25) is 15.0 Å². The van der Waals surface area contributed by atoms with Crippen LogP contribution in [-0.4, -0.2) is 38.3 Å². The van der Waals surface area contributed by atoms with Crippen molar-refractivity contribution in [2.75, 3.05) is 27.4 Å². The van der Waals surface area contributed by atoms with Crippen molar-refractivity contribution in [2.24, 2.45) is 0 Å². The summed E-state index contributed by atoms with van der Waals surface area (Å²) in [5.74, 6) is 0.0466. The van der Waals surface area contributed by atoms with Crippen molar-refractivity contribution in [1.29, 1.82) is 0 Å². The van der Waals surface area contributed by atoms with Gasteiger partial charge < -0.3 is 9.47 Å². The van der Waals surface area contributed by atoms with Crippen molar-refractivity contribution in [2.45, 2.75) is 6.04 Å². The molecule has 0 fully saturated rings. The first kappa shape index (κ1) is 15.9. The van der Waals surface area contributed by atoms with E-state index < -0.39 is 16.9 Å². The average molecular weight is 284 g/mol. The fraction of sp³-hybridized carbons (Fsp3) is 0.417. The Balaban J connectivity index is 2.55. The molecule has 1 N–H and O–H groups in total. The van der Waals surface area contributed by atoms with Crippen LogP contribution in [-0.2, 0) is 14.4 Å². The topological polar surface area (TPSA) is 99.9 Å². The molecule has 0 heterocycles. The number of ether oxygens (including phenoxy) is 2. The van der Waals surface area contributed by atoms with Gasteiger partial charge in [0.05, 0.1) is 20.8 Å². The van der Waals surface area contributed by atoms with E-state index in [2.05, 4.69) is 10.2 Å². The highest BCUT2D eigenvalue weighted by molar-refractivity contribution is 5.70. The molecule has 20 heavy (non-hydrogen) atoms. The Morgan fingerprint density at radius 3 is 2.50 bits per heavy atom. The summed E-state index contributed by atoms with van der Waals surface area (Å²) in [6, 6.07) is 5.50. The van der Waals surface area contributed by atoms with Crippen molar-refractivity contribution in [3.63, 3.8) is 0 Å². The van der Waals surface area contributed by atoms with Crippen molar-refractivity contribution >= 4 is 5.97 Å². The summed E-state index contributed by atoms with van der Waals surface area (Å²) in [5.41, 5.74) is 2.89. The highest BCUT2D eigenvalue weighted by atomic mass is 16.7. The van der Waals surface area contributed by atoms with Crippen molar-refractivity contribution in [3.8, 4) is 5.75 Å². The molecule has 8 heteroatoms. The maximum atomic E-state index is 11.0. The van der Waals surface area contributed by atoms with Gasteiger partial charge in [0.2, 0.25) is 0 Å². The van der Waals surface area contributed by atoms with Gasteiger partial charge in [-0.2, -0.15) is 5.48 Å². The van der Waals surface area contributed by atoms with E-state index in [-0.39, 0.29) is 13.2 Å². The zero-order valence-corrected chi connectivity index (χ0v) is 11.2. The first-order valence-corrected chi connectivity index (χ1v) is 5.77. The number of rotatable bonds is 8. The zero-order valence-electron chi connectivity index (χ0n) is 11.2. The second-order valence-corrected chi connectivity index (χ2v) is 3.79. The molecular formula is C12H16N2O6. The number of nitro groups is 1. The molecule has 0 radical (unpaired) electrons. The molecule has 8 nitrogen and oxygen atoms in total. The molecule has 110 valence electrons. The number of benzene rings is 1. The van der Waals surface area contributed by atoms with Crippen LogP contribution in [0.5, 0.6) is 5.75 Å². The molecule has 1 rings (SSSR count). The van der Waals surface area contributed by atoms with Gasteiger partial charge in [-0.25, -0.2) is 4.79 Å². The molecule has 0 spiro atoms. The van der Waals surface area contributed by atoms with E-state index in [0.29, 0.717) is 11.3 Å². The van der Waals surface area contributed by atoms with Crippen LogP contribution in [0.3, 0.4) is 0 Å². The fourth-order valence-corrected chi connectivity index (χ4v) is 1.45. The number of nitrogens with zero attached hydrogens (tertiary/aromatic N) is 1. The number of hydroxylamine groups is 1. The lowest BCUT2D eigenvalue weighted by molar-refractivity contribution is -0.528. The maximum absolute atomic E-state index is 11.0. The third-order valence-electron chi connectivity index (χ3n) is 2.55. The molecule has 1 unspecified atom stereocenters. The monoisotopic (exact) mass is 284 g/mol. The normalized spacial score (nSPS) is 11.7. The summed E-state index contributed by atoms with van der Waals surface area (Å²) < 4.78 is 9.35. The molecule has 1 atom stereocenters. The third-order valence-corrected chi connectivity index (χ3v) is 2.55. The van der Waals surface area contributed by atoms with E-state index in [0.717, 1.165) is 0 Å². The van der Waals surface area contributed by atoms with E-state index in [1.165, 1.54) is 14.2 Å². The van der Waals surface area contributed by atoms with Crippen LogP contribution in [0.15, 0.2) is 24.3 Å². The van der Waals surface area contributed by atoms with Crippen molar-refractivity contribution in [1.82, 2.24) is 5.48 Å². The smallest absolute Gasteiger partial charge is 0.333 e. The lowest BCUT2D eigenvalue weighted by Crippen LogP contribution is -2.28. The number of methoxy groups -OCH3 is 2. The number of carbonyl (C=O) groups excluding carboxylic acids is 1. The fourth-order valence-electron chi connectivity index (χ4n) is 1.45.